The highest BCUT2D eigenvalue weighted by Crippen LogP contribution is 2.23. The summed E-state index contributed by atoms with van der Waals surface area (Å²) >= 11 is 0. The van der Waals surface area contributed by atoms with Crippen LogP contribution in [0.15, 0.2) is 30.3 Å². The van der Waals surface area contributed by atoms with Crippen LogP contribution in [0.4, 0.5) is 13.2 Å². The number of benzene rings is 1. The minimum atomic E-state index is -4.46. The highest BCUT2D eigenvalue weighted by atomic mass is 35.5. The summed E-state index contributed by atoms with van der Waals surface area (Å²) in [4.78, 5) is 12.0. The molecule has 2 N–H and O–H groups in total. The number of halogens is 4. The Morgan fingerprint density at radius 1 is 1.27 bits per heavy atom. The van der Waals surface area contributed by atoms with E-state index < -0.39 is 24.2 Å². The molecular weight excluding hydrogens is 317 g/mol. The van der Waals surface area contributed by atoms with Crippen LogP contribution in [0.25, 0.3) is 0 Å². The number of rotatable bonds is 4. The molecule has 0 bridgehead atoms. The highest BCUT2D eigenvalue weighted by molar-refractivity contribution is 5.85. The molecule has 2 atom stereocenters. The fraction of sp³-hybridized carbons (Fsp3) is 0.533. The molecule has 2 rings (SSSR count). The van der Waals surface area contributed by atoms with Gasteiger partial charge in [0.1, 0.15) is 6.04 Å². The maximum Gasteiger partial charge on any atom is 0.408 e. The number of hydrogen-bond acceptors (Lipinski definition) is 2. The Kier molecular flexibility index (Phi) is 7.16. The molecule has 1 fully saturated rings. The summed E-state index contributed by atoms with van der Waals surface area (Å²) < 4.78 is 39.3. The zero-order chi connectivity index (χ0) is 15.3. The first-order chi connectivity index (χ1) is 9.97. The van der Waals surface area contributed by atoms with Gasteiger partial charge in [-0.25, -0.2) is 0 Å². The first-order valence-corrected chi connectivity index (χ1v) is 7.11. The van der Waals surface area contributed by atoms with E-state index in [9.17, 15) is 18.0 Å². The third-order valence-electron chi connectivity index (χ3n) is 3.62. The molecule has 1 aliphatic rings. The van der Waals surface area contributed by atoms with E-state index in [4.69, 9.17) is 0 Å². The number of amides is 1. The summed E-state index contributed by atoms with van der Waals surface area (Å²) in [6.07, 6.45) is -2.30. The molecule has 1 saturated heterocycles. The van der Waals surface area contributed by atoms with Crippen LogP contribution in [0.3, 0.4) is 0 Å². The third kappa shape index (κ3) is 5.50. The van der Waals surface area contributed by atoms with E-state index in [2.05, 4.69) is 10.6 Å². The SMILES string of the molecule is Cl.O=C(NC(Cc1ccccc1)C(F)(F)F)C1CCCCN1. The van der Waals surface area contributed by atoms with Gasteiger partial charge in [0.2, 0.25) is 5.91 Å². The Morgan fingerprint density at radius 2 is 1.95 bits per heavy atom. The van der Waals surface area contributed by atoms with Gasteiger partial charge >= 0.3 is 6.18 Å². The molecule has 124 valence electrons. The molecule has 0 radical (unpaired) electrons. The summed E-state index contributed by atoms with van der Waals surface area (Å²) in [5, 5.41) is 5.11. The second-order valence-corrected chi connectivity index (χ2v) is 5.30. The van der Waals surface area contributed by atoms with E-state index in [0.717, 1.165) is 12.8 Å². The van der Waals surface area contributed by atoms with Crippen LogP contribution in [0.5, 0.6) is 0 Å². The van der Waals surface area contributed by atoms with Crippen molar-refractivity contribution in [3.05, 3.63) is 35.9 Å². The lowest BCUT2D eigenvalue weighted by Crippen LogP contribution is -2.54. The van der Waals surface area contributed by atoms with E-state index in [1.807, 2.05) is 0 Å². The van der Waals surface area contributed by atoms with Gasteiger partial charge in [-0.3, -0.25) is 4.79 Å². The second-order valence-electron chi connectivity index (χ2n) is 5.30. The van der Waals surface area contributed by atoms with Gasteiger partial charge in [-0.15, -0.1) is 12.4 Å². The van der Waals surface area contributed by atoms with Crippen LogP contribution in [0.2, 0.25) is 0 Å². The fourth-order valence-corrected chi connectivity index (χ4v) is 2.45. The average molecular weight is 337 g/mol. The van der Waals surface area contributed by atoms with Gasteiger partial charge in [-0.1, -0.05) is 36.8 Å². The van der Waals surface area contributed by atoms with Crippen LogP contribution in [-0.4, -0.2) is 30.7 Å². The topological polar surface area (TPSA) is 41.1 Å². The van der Waals surface area contributed by atoms with Crippen LogP contribution in [0, 0.1) is 0 Å². The average Bonchev–Trinajstić information content (AvgIpc) is 2.47. The normalized spacial score (nSPS) is 19.9. The van der Waals surface area contributed by atoms with Crippen LogP contribution in [0.1, 0.15) is 24.8 Å². The molecule has 1 aromatic carbocycles. The molecule has 0 aliphatic carbocycles. The van der Waals surface area contributed by atoms with E-state index >= 15 is 0 Å². The van der Waals surface area contributed by atoms with E-state index in [-0.39, 0.29) is 18.8 Å². The quantitative estimate of drug-likeness (QED) is 0.887. The van der Waals surface area contributed by atoms with Gasteiger partial charge in [0.05, 0.1) is 6.04 Å². The predicted octanol–water partition coefficient (Wildman–Crippen LogP) is 2.84. The molecule has 0 aromatic heterocycles. The van der Waals surface area contributed by atoms with Gasteiger partial charge in [0, 0.05) is 6.42 Å². The Hall–Kier alpha value is -1.27. The van der Waals surface area contributed by atoms with Crippen LogP contribution < -0.4 is 10.6 Å². The third-order valence-corrected chi connectivity index (χ3v) is 3.62. The monoisotopic (exact) mass is 336 g/mol. The predicted molar refractivity (Wildman–Crippen MR) is 81.0 cm³/mol. The summed E-state index contributed by atoms with van der Waals surface area (Å²) in [5.41, 5.74) is 0.553. The zero-order valence-corrected chi connectivity index (χ0v) is 12.8. The van der Waals surface area contributed by atoms with Crippen molar-refractivity contribution in [2.45, 2.75) is 43.9 Å². The summed E-state index contributed by atoms with van der Waals surface area (Å²) in [7, 11) is 0. The largest absolute Gasteiger partial charge is 0.408 e. The minimum absolute atomic E-state index is 0. The number of piperidine rings is 1. The van der Waals surface area contributed by atoms with Crippen molar-refractivity contribution in [2.75, 3.05) is 6.54 Å². The summed E-state index contributed by atoms with van der Waals surface area (Å²) in [6, 6.07) is 6.01. The molecule has 1 aromatic rings. The van der Waals surface area contributed by atoms with Crippen molar-refractivity contribution < 1.29 is 18.0 Å². The summed E-state index contributed by atoms with van der Waals surface area (Å²) in [6.45, 7) is 0.674. The Labute approximate surface area is 134 Å². The second kappa shape index (κ2) is 8.39. The molecule has 0 saturated carbocycles. The molecule has 2 unspecified atom stereocenters. The van der Waals surface area contributed by atoms with Gasteiger partial charge < -0.3 is 10.6 Å². The molecule has 1 heterocycles. The molecule has 1 amide bonds. The highest BCUT2D eigenvalue weighted by Gasteiger charge is 2.41. The van der Waals surface area contributed by atoms with Gasteiger partial charge in [0.15, 0.2) is 0 Å². The molecular formula is C15H20ClF3N2O. The Balaban J connectivity index is 0.00000242. The molecule has 0 spiro atoms. The first kappa shape index (κ1) is 18.8. The van der Waals surface area contributed by atoms with E-state index in [1.165, 1.54) is 0 Å². The lowest BCUT2D eigenvalue weighted by molar-refractivity contribution is -0.162. The van der Waals surface area contributed by atoms with Crippen molar-refractivity contribution in [1.29, 1.82) is 0 Å². The van der Waals surface area contributed by atoms with Crippen molar-refractivity contribution >= 4 is 18.3 Å². The van der Waals surface area contributed by atoms with E-state index in [1.54, 1.807) is 30.3 Å². The van der Waals surface area contributed by atoms with Crippen molar-refractivity contribution in [3.63, 3.8) is 0 Å². The number of nitrogens with one attached hydrogen (secondary N) is 2. The lowest BCUT2D eigenvalue weighted by atomic mass is 10.0. The van der Waals surface area contributed by atoms with Crippen LogP contribution in [-0.2, 0) is 11.2 Å². The maximum absolute atomic E-state index is 13.1. The number of alkyl halides is 3. The number of carbonyl (C=O) groups is 1. The zero-order valence-electron chi connectivity index (χ0n) is 12.0. The van der Waals surface area contributed by atoms with Crippen molar-refractivity contribution in [2.24, 2.45) is 0 Å². The summed E-state index contributed by atoms with van der Waals surface area (Å²) in [5.74, 6) is -0.562. The fourth-order valence-electron chi connectivity index (χ4n) is 2.45. The number of carbonyl (C=O) groups excluding carboxylic acids is 1. The Bertz CT molecular complexity index is 462. The standard InChI is InChI=1S/C15H19F3N2O.ClH/c16-15(17,18)13(10-11-6-2-1-3-7-11)20-14(21)12-8-4-5-9-19-12;/h1-3,6-7,12-13,19H,4-5,8-10H2,(H,20,21);1H. The molecule has 7 heteroatoms. The molecule has 3 nitrogen and oxygen atoms in total. The van der Waals surface area contributed by atoms with Gasteiger partial charge in [-0.2, -0.15) is 13.2 Å². The first-order valence-electron chi connectivity index (χ1n) is 7.11. The number of hydrogen-bond donors (Lipinski definition) is 2. The molecule has 22 heavy (non-hydrogen) atoms. The minimum Gasteiger partial charge on any atom is -0.343 e. The van der Waals surface area contributed by atoms with Gasteiger partial charge in [-0.05, 0) is 24.9 Å². The Morgan fingerprint density at radius 3 is 2.50 bits per heavy atom. The van der Waals surface area contributed by atoms with E-state index in [0.29, 0.717) is 18.5 Å². The lowest BCUT2D eigenvalue weighted by Gasteiger charge is -2.27. The van der Waals surface area contributed by atoms with Gasteiger partial charge in [0.25, 0.3) is 0 Å². The maximum atomic E-state index is 13.1. The smallest absolute Gasteiger partial charge is 0.343 e. The van der Waals surface area contributed by atoms with Crippen LogP contribution >= 0.6 is 12.4 Å². The molecule has 1 aliphatic heterocycles. The van der Waals surface area contributed by atoms with Crippen molar-refractivity contribution in [1.82, 2.24) is 10.6 Å². The van der Waals surface area contributed by atoms with Crippen molar-refractivity contribution in [3.8, 4) is 0 Å².